The molecule has 486 valence electrons. The number of carboxylic acid groups (broad SMARTS) is 1. The summed E-state index contributed by atoms with van der Waals surface area (Å²) < 4.78 is 0. The number of phenols is 1. The van der Waals surface area contributed by atoms with Crippen molar-refractivity contribution in [3.05, 3.63) is 83.9 Å². The number of carbonyl (C=O) groups is 9. The molecule has 0 radical (unpaired) electrons. The number of aliphatic carboxylic acids is 1. The van der Waals surface area contributed by atoms with Gasteiger partial charge in [-0.25, -0.2) is 9.78 Å². The number of aromatic hydroxyl groups is 1. The Morgan fingerprint density at radius 2 is 1.20 bits per heavy atom. The Bertz CT molecular complexity index is 2670. The minimum Gasteiger partial charge on any atom is -0.508 e. The van der Waals surface area contributed by atoms with Crippen LogP contribution in [0, 0.1) is 11.8 Å². The summed E-state index contributed by atoms with van der Waals surface area (Å²) in [6.07, 6.45) is 19.7. The summed E-state index contributed by atoms with van der Waals surface area (Å²) in [5, 5.41) is 36.6. The van der Waals surface area contributed by atoms with E-state index in [2.05, 4.69) is 53.8 Å². The van der Waals surface area contributed by atoms with Gasteiger partial charge in [-0.3, -0.25) is 43.3 Å². The van der Waals surface area contributed by atoms with E-state index < -0.39 is 101 Å². The molecule has 3 aromatic rings. The predicted octanol–water partition coefficient (Wildman–Crippen LogP) is 5.62. The number of unbranched alkanes of at least 4 members (excludes halogenated alkanes) is 12. The van der Waals surface area contributed by atoms with Gasteiger partial charge in [0.2, 0.25) is 41.4 Å². The molecule has 1 aromatic heterocycles. The molecule has 7 atom stereocenters. The molecule has 88 heavy (non-hydrogen) atoms. The second kappa shape index (κ2) is 40.1. The smallest absolute Gasteiger partial charge is 0.326 e. The summed E-state index contributed by atoms with van der Waals surface area (Å²) in [5.74, 6) is -7.19. The van der Waals surface area contributed by atoms with Crippen LogP contribution in [0.5, 0.6) is 5.75 Å². The van der Waals surface area contributed by atoms with Crippen molar-refractivity contribution in [3.8, 4) is 5.75 Å². The average molecular weight is 1240 g/mol. The lowest BCUT2D eigenvalue weighted by Gasteiger charge is -2.31. The van der Waals surface area contributed by atoms with Crippen LogP contribution in [-0.2, 0) is 62.4 Å². The number of nitrogens with one attached hydrogen (secondary N) is 7. The molecule has 4 rings (SSSR count). The fourth-order valence-electron chi connectivity index (χ4n) is 10.5. The third kappa shape index (κ3) is 27.3. The number of carboxylic acids is 1. The molecule has 13 N–H and O–H groups in total. The first kappa shape index (κ1) is 73.0. The number of hydrogen-bond acceptors (Lipinski definition) is 13. The first-order valence-electron chi connectivity index (χ1n) is 31.5. The number of hydrogen-bond donors (Lipinski definition) is 11. The van der Waals surface area contributed by atoms with Crippen molar-refractivity contribution >= 4 is 70.2 Å². The fraction of sp³-hybridized carbons (Fsp3) is 0.609. The van der Waals surface area contributed by atoms with E-state index in [9.17, 15) is 53.4 Å². The normalized spacial score (nSPS) is 15.0. The Morgan fingerprint density at radius 1 is 0.648 bits per heavy atom. The maximum absolute atomic E-state index is 14.6. The molecule has 0 saturated carbocycles. The lowest BCUT2D eigenvalue weighted by atomic mass is 9.98. The van der Waals surface area contributed by atoms with Crippen molar-refractivity contribution in [2.45, 2.75) is 218 Å². The molecule has 1 aliphatic rings. The number of thioether (sulfide) groups is 1. The zero-order chi connectivity index (χ0) is 64.4. The summed E-state index contributed by atoms with van der Waals surface area (Å²) in [6.45, 7) is 9.25. The number of nitrogens with two attached hydrogens (primary N) is 2. The Morgan fingerprint density at radius 3 is 1.76 bits per heavy atom. The third-order valence-electron chi connectivity index (χ3n) is 15.5. The molecule has 2 aromatic carbocycles. The van der Waals surface area contributed by atoms with Gasteiger partial charge in [-0.15, -0.1) is 0 Å². The first-order valence-corrected chi connectivity index (χ1v) is 32.5. The highest BCUT2D eigenvalue weighted by atomic mass is 32.2. The summed E-state index contributed by atoms with van der Waals surface area (Å²) in [5.41, 5.74) is 12.8. The standard InChI is InChI=1S/C64H98N12O11S/c1-6-7-8-9-10-11-12-13-14-15-16-17-21-28-54(79)88-36-33-53(78)70-48(26-22-34-68-64(65)66)57(80)74-55(42(2)3)60(83)71-49(37-45-29-31-47(77)32-30-45)58(81)75-56(43(4)5)61(84)72-50(39-46-40-67-41-69-46)62(85)76-35-23-27-52(76)59(82)73-51(63(86)87)38-44-24-19-18-20-25-44/h18-20,24-25,29-32,40-43,48-52,55-56,77H,6-17,21-23,26-28,33-39H2,1-5H3,(H,67,69)(H,70,78)(H,71,83)(H,72,84)(H,73,82)(H,74,80)(H,75,81)(H,86,87)(H4,65,66,68)/t48-,49-,50-,51-,52-,55-,56-/m0/s1. The molecule has 7 amide bonds. The Labute approximate surface area is 523 Å². The van der Waals surface area contributed by atoms with Crippen LogP contribution < -0.4 is 43.4 Å². The van der Waals surface area contributed by atoms with E-state index in [-0.39, 0.29) is 80.6 Å². The quantitative estimate of drug-likeness (QED) is 0.0186. The molecule has 23 nitrogen and oxygen atoms in total. The maximum atomic E-state index is 14.6. The summed E-state index contributed by atoms with van der Waals surface area (Å²) in [7, 11) is 0. The Balaban J connectivity index is 1.43. The van der Waals surface area contributed by atoms with Crippen molar-refractivity contribution in [3.63, 3.8) is 0 Å². The maximum Gasteiger partial charge on any atom is 0.326 e. The number of guanidine groups is 1. The second-order valence-corrected chi connectivity index (χ2v) is 24.7. The van der Waals surface area contributed by atoms with Crippen LogP contribution in [0.15, 0.2) is 72.1 Å². The summed E-state index contributed by atoms with van der Waals surface area (Å²) in [6, 6.07) is 6.02. The zero-order valence-corrected chi connectivity index (χ0v) is 53.0. The zero-order valence-electron chi connectivity index (χ0n) is 52.2. The highest BCUT2D eigenvalue weighted by Crippen LogP contribution is 2.22. The van der Waals surface area contributed by atoms with Crippen LogP contribution in [-0.4, -0.2) is 145 Å². The topological polar surface area (TPSA) is 363 Å². The predicted molar refractivity (Wildman–Crippen MR) is 340 cm³/mol. The molecule has 0 unspecified atom stereocenters. The van der Waals surface area contributed by atoms with Crippen molar-refractivity contribution in [1.29, 1.82) is 0 Å². The van der Waals surface area contributed by atoms with E-state index in [1.54, 1.807) is 70.2 Å². The molecular weight excluding hydrogens is 1140 g/mol. The number of aliphatic imine (C=N–C) groups is 1. The molecular formula is C64H98N12O11S. The van der Waals surface area contributed by atoms with Crippen LogP contribution in [0.2, 0.25) is 0 Å². The van der Waals surface area contributed by atoms with E-state index in [1.165, 1.54) is 87.3 Å². The van der Waals surface area contributed by atoms with Gasteiger partial charge in [-0.05, 0) is 67.2 Å². The van der Waals surface area contributed by atoms with Crippen LogP contribution in [0.25, 0.3) is 0 Å². The number of benzene rings is 2. The SMILES string of the molecule is CCCCCCCCCCCCCCCC(=O)SCCC(=O)N[C@@H](CCCN=C(N)N)C(=O)N[C@H](C(=O)N[C@@H](Cc1ccc(O)cc1)C(=O)N[C@H](C(=O)N[C@@H](Cc1cnc[nH]1)C(=O)N1CCC[C@H]1C(=O)N[C@@H](Cc1ccccc1)C(=O)O)C(C)C)C(C)C. The van der Waals surface area contributed by atoms with Gasteiger partial charge in [0.05, 0.1) is 6.33 Å². The molecule has 1 aliphatic heterocycles. The number of nitrogens with zero attached hydrogens (tertiary/aromatic N) is 3. The Kier molecular flexibility index (Phi) is 33.3. The number of aromatic nitrogens is 2. The van der Waals surface area contributed by atoms with E-state index in [0.717, 1.165) is 37.4 Å². The molecule has 0 bridgehead atoms. The van der Waals surface area contributed by atoms with Gasteiger partial charge in [0.1, 0.15) is 48.0 Å². The summed E-state index contributed by atoms with van der Waals surface area (Å²) >= 11 is 1.08. The average Bonchev–Trinajstić information content (AvgIpc) is 4.19. The number of imidazole rings is 1. The highest BCUT2D eigenvalue weighted by Gasteiger charge is 2.41. The van der Waals surface area contributed by atoms with Crippen LogP contribution in [0.4, 0.5) is 0 Å². The van der Waals surface area contributed by atoms with Gasteiger partial charge in [0.15, 0.2) is 11.1 Å². The molecule has 0 spiro atoms. The Hall–Kier alpha value is -7.50. The number of aromatic amines is 1. The lowest BCUT2D eigenvalue weighted by Crippen LogP contribution is -2.61. The van der Waals surface area contributed by atoms with Crippen LogP contribution >= 0.6 is 11.8 Å². The van der Waals surface area contributed by atoms with Crippen molar-refractivity contribution in [2.75, 3.05) is 18.8 Å². The van der Waals surface area contributed by atoms with Crippen molar-refractivity contribution in [2.24, 2.45) is 28.3 Å². The number of rotatable bonds is 42. The molecule has 1 fully saturated rings. The molecule has 24 heteroatoms. The number of amides is 7. The summed E-state index contributed by atoms with van der Waals surface area (Å²) in [4.78, 5) is 137. The third-order valence-corrected chi connectivity index (χ3v) is 16.4. The van der Waals surface area contributed by atoms with Gasteiger partial charge in [-0.2, -0.15) is 0 Å². The van der Waals surface area contributed by atoms with E-state index in [4.69, 9.17) is 11.5 Å². The van der Waals surface area contributed by atoms with Crippen LogP contribution in [0.1, 0.15) is 173 Å². The van der Waals surface area contributed by atoms with Crippen molar-refractivity contribution in [1.82, 2.24) is 46.8 Å². The number of carbonyl (C=O) groups excluding carboxylic acids is 8. The van der Waals surface area contributed by atoms with Gasteiger partial charge >= 0.3 is 5.97 Å². The molecule has 1 saturated heterocycles. The van der Waals surface area contributed by atoms with E-state index in [1.807, 2.05) is 0 Å². The highest BCUT2D eigenvalue weighted by molar-refractivity contribution is 8.13. The van der Waals surface area contributed by atoms with Gasteiger partial charge in [0, 0.05) is 62.8 Å². The van der Waals surface area contributed by atoms with Gasteiger partial charge in [-0.1, -0.05) is 166 Å². The first-order chi connectivity index (χ1) is 42.2. The second-order valence-electron chi connectivity index (χ2n) is 23.5. The van der Waals surface area contributed by atoms with Gasteiger partial charge in [0.25, 0.3) is 0 Å². The molecule has 0 aliphatic carbocycles. The van der Waals surface area contributed by atoms with Crippen LogP contribution in [0.3, 0.4) is 0 Å². The fourth-order valence-corrected chi connectivity index (χ4v) is 11.3. The van der Waals surface area contributed by atoms with Crippen molar-refractivity contribution < 1.29 is 53.4 Å². The van der Waals surface area contributed by atoms with E-state index >= 15 is 0 Å². The molecule has 2 heterocycles. The number of phenolic OH excluding ortho intramolecular Hbond substituents is 1. The minimum atomic E-state index is -1.38. The lowest BCUT2D eigenvalue weighted by molar-refractivity contribution is -0.145. The van der Waals surface area contributed by atoms with E-state index in [0.29, 0.717) is 29.7 Å². The van der Waals surface area contributed by atoms with Gasteiger partial charge < -0.3 is 63.5 Å². The largest absolute Gasteiger partial charge is 0.508 e. The number of H-pyrrole nitrogens is 1. The monoisotopic (exact) mass is 1240 g/mol. The minimum absolute atomic E-state index is 0.00100. The number of likely N-dealkylation sites (tertiary alicyclic amines) is 1.